The van der Waals surface area contributed by atoms with Gasteiger partial charge in [-0.05, 0) is 42.5 Å². The van der Waals surface area contributed by atoms with Gasteiger partial charge in [0.2, 0.25) is 5.91 Å². The van der Waals surface area contributed by atoms with Crippen LogP contribution >= 0.6 is 0 Å². The van der Waals surface area contributed by atoms with Crippen molar-refractivity contribution in [3.63, 3.8) is 0 Å². The second-order valence-electron chi connectivity index (χ2n) is 10.3. The molecule has 1 aromatic heterocycles. The zero-order valence-corrected chi connectivity index (χ0v) is 24.6. The van der Waals surface area contributed by atoms with E-state index in [4.69, 9.17) is 18.9 Å². The molecule has 2 heterocycles. The Balaban J connectivity index is 1.63. The van der Waals surface area contributed by atoms with Crippen LogP contribution in [-0.4, -0.2) is 64.2 Å². The Morgan fingerprint density at radius 2 is 1.38 bits per heavy atom. The van der Waals surface area contributed by atoms with Gasteiger partial charge in [0.15, 0.2) is 18.3 Å². The molecular weight excluding hydrogens is 620 g/mol. The smallest absolute Gasteiger partial charge is 0.345 e. The maximum Gasteiger partial charge on any atom is 0.345 e. The lowest BCUT2D eigenvalue weighted by molar-refractivity contribution is -0.203. The summed E-state index contributed by atoms with van der Waals surface area (Å²) in [5.41, 5.74) is -4.97. The number of hydrogen-bond acceptors (Lipinski definition) is 10. The summed E-state index contributed by atoms with van der Waals surface area (Å²) in [4.78, 5) is 69.9. The summed E-state index contributed by atoms with van der Waals surface area (Å²) in [6, 6.07) is 23.2. The van der Waals surface area contributed by atoms with Gasteiger partial charge in [0.25, 0.3) is 5.72 Å². The van der Waals surface area contributed by atoms with Crippen LogP contribution < -0.4 is 11.0 Å². The third-order valence-corrected chi connectivity index (χ3v) is 7.11. The molecule has 1 aliphatic rings. The number of amides is 1. The van der Waals surface area contributed by atoms with Crippen molar-refractivity contribution >= 4 is 23.8 Å². The molecular formula is C33H27F2N3O9. The van der Waals surface area contributed by atoms with Gasteiger partial charge >= 0.3 is 29.5 Å². The number of esters is 3. The van der Waals surface area contributed by atoms with Crippen molar-refractivity contribution in [2.75, 3.05) is 6.61 Å². The third kappa shape index (κ3) is 6.92. The molecule has 0 aliphatic carbocycles. The fraction of sp³-hybridized carbons (Fsp3) is 0.212. The molecule has 1 amide bonds. The van der Waals surface area contributed by atoms with Crippen LogP contribution in [0.5, 0.6) is 0 Å². The third-order valence-electron chi connectivity index (χ3n) is 7.11. The summed E-state index contributed by atoms with van der Waals surface area (Å²) in [6.45, 7) is 0.00412. The number of carbonyl (C=O) groups is 4. The van der Waals surface area contributed by atoms with Gasteiger partial charge in [-0.2, -0.15) is 8.78 Å². The Hall–Kier alpha value is -5.76. The molecule has 12 nitrogen and oxygen atoms in total. The fourth-order valence-corrected chi connectivity index (χ4v) is 4.99. The van der Waals surface area contributed by atoms with E-state index in [-0.39, 0.29) is 16.7 Å². The first kappa shape index (κ1) is 32.6. The van der Waals surface area contributed by atoms with Crippen LogP contribution in [-0.2, 0) is 23.7 Å². The molecule has 1 saturated heterocycles. The van der Waals surface area contributed by atoms with Crippen LogP contribution in [0.4, 0.5) is 8.78 Å². The molecule has 0 spiro atoms. The lowest BCUT2D eigenvalue weighted by Gasteiger charge is -2.39. The van der Waals surface area contributed by atoms with E-state index in [1.165, 1.54) is 60.7 Å². The van der Waals surface area contributed by atoms with Gasteiger partial charge in [0.1, 0.15) is 6.61 Å². The van der Waals surface area contributed by atoms with E-state index < -0.39 is 71.8 Å². The van der Waals surface area contributed by atoms with Crippen LogP contribution in [0.15, 0.2) is 108 Å². The SMILES string of the molecule is CC(=O)NC1(OC(=O)c2ccccc2)C(C(COC(=O)c2ccccc2)OC(=O)c2ccccc2)OC(c2ccnc(=O)[nH]2)C1(F)F. The number of H-pyrrole nitrogens is 1. The van der Waals surface area contributed by atoms with Gasteiger partial charge in [-0.1, -0.05) is 54.6 Å². The normalized spacial score (nSPS) is 20.4. The van der Waals surface area contributed by atoms with E-state index in [1.807, 2.05) is 5.32 Å². The molecule has 0 radical (unpaired) electrons. The number of rotatable bonds is 10. The number of aromatic amines is 1. The van der Waals surface area contributed by atoms with Gasteiger partial charge in [-0.25, -0.2) is 24.2 Å². The minimum atomic E-state index is -4.36. The number of hydrogen-bond donors (Lipinski definition) is 2. The lowest BCUT2D eigenvalue weighted by atomic mass is 9.93. The summed E-state index contributed by atoms with van der Waals surface area (Å²) >= 11 is 0. The summed E-state index contributed by atoms with van der Waals surface area (Å²) < 4.78 is 56.1. The number of aromatic nitrogens is 2. The number of alkyl halides is 2. The second-order valence-corrected chi connectivity index (χ2v) is 10.3. The van der Waals surface area contributed by atoms with Crippen molar-refractivity contribution in [3.05, 3.63) is 136 Å². The van der Waals surface area contributed by atoms with E-state index in [1.54, 1.807) is 30.3 Å². The fourth-order valence-electron chi connectivity index (χ4n) is 4.99. The molecule has 4 unspecified atom stereocenters. The molecule has 5 rings (SSSR count). The summed E-state index contributed by atoms with van der Waals surface area (Å²) in [6.07, 6.45) is -5.62. The molecule has 1 fully saturated rings. The van der Waals surface area contributed by atoms with Crippen molar-refractivity contribution in [3.8, 4) is 0 Å². The van der Waals surface area contributed by atoms with E-state index in [2.05, 4.69) is 9.97 Å². The number of benzene rings is 3. The number of carbonyl (C=O) groups excluding carboxylic acids is 4. The van der Waals surface area contributed by atoms with Crippen LogP contribution in [0.2, 0.25) is 0 Å². The average Bonchev–Trinajstić information content (AvgIpc) is 3.28. The number of ether oxygens (including phenoxy) is 4. The Morgan fingerprint density at radius 1 is 0.851 bits per heavy atom. The average molecular weight is 648 g/mol. The topological polar surface area (TPSA) is 163 Å². The molecule has 0 saturated carbocycles. The Labute approximate surface area is 265 Å². The highest BCUT2D eigenvalue weighted by atomic mass is 19.3. The van der Waals surface area contributed by atoms with Gasteiger partial charge in [-0.15, -0.1) is 0 Å². The van der Waals surface area contributed by atoms with E-state index in [0.29, 0.717) is 0 Å². The molecule has 242 valence electrons. The molecule has 1 aliphatic heterocycles. The van der Waals surface area contributed by atoms with Gasteiger partial charge in [-0.3, -0.25) is 4.79 Å². The molecule has 47 heavy (non-hydrogen) atoms. The highest BCUT2D eigenvalue weighted by Crippen LogP contribution is 2.53. The van der Waals surface area contributed by atoms with E-state index in [0.717, 1.165) is 19.2 Å². The van der Waals surface area contributed by atoms with Crippen molar-refractivity contribution < 1.29 is 46.9 Å². The standard InChI is InChI=1S/C33H27F2N3O9/c1-20(39)38-33(47-30(42)23-15-9-4-10-16-23)27(46-26(32(33,34)35)24-17-18-36-31(43)37-24)25(45-29(41)22-13-7-3-8-14-22)19-44-28(40)21-11-5-2-6-12-21/h2-18,25-27H,19H2,1H3,(H,38,39)(H,36,37,43). The lowest BCUT2D eigenvalue weighted by Crippen LogP contribution is -2.69. The number of halogens is 2. The largest absolute Gasteiger partial charge is 0.458 e. The minimum absolute atomic E-state index is 0.00179. The van der Waals surface area contributed by atoms with Crippen molar-refractivity contribution in [1.82, 2.24) is 15.3 Å². The quantitative estimate of drug-likeness (QED) is 0.148. The maximum atomic E-state index is 16.9. The monoisotopic (exact) mass is 647 g/mol. The number of nitrogens with zero attached hydrogens (tertiary/aromatic N) is 1. The highest BCUT2D eigenvalue weighted by molar-refractivity contribution is 5.91. The maximum absolute atomic E-state index is 16.9. The predicted molar refractivity (Wildman–Crippen MR) is 158 cm³/mol. The molecule has 4 atom stereocenters. The van der Waals surface area contributed by atoms with Crippen LogP contribution in [0, 0.1) is 0 Å². The zero-order chi connectivity index (χ0) is 33.6. The zero-order valence-electron chi connectivity index (χ0n) is 24.6. The van der Waals surface area contributed by atoms with Gasteiger partial charge in [0, 0.05) is 13.1 Å². The Morgan fingerprint density at radius 3 is 1.91 bits per heavy atom. The highest BCUT2D eigenvalue weighted by Gasteiger charge is 2.76. The van der Waals surface area contributed by atoms with Crippen LogP contribution in [0.25, 0.3) is 0 Å². The minimum Gasteiger partial charge on any atom is -0.458 e. The van der Waals surface area contributed by atoms with E-state index in [9.17, 15) is 24.0 Å². The van der Waals surface area contributed by atoms with Crippen molar-refractivity contribution in [2.24, 2.45) is 0 Å². The summed E-state index contributed by atoms with van der Waals surface area (Å²) in [5, 5.41) is 2.03. The van der Waals surface area contributed by atoms with E-state index >= 15 is 8.78 Å². The molecule has 0 bridgehead atoms. The first-order valence-electron chi connectivity index (χ1n) is 14.2. The Bertz CT molecular complexity index is 1810. The van der Waals surface area contributed by atoms with Gasteiger partial charge in [0.05, 0.1) is 22.4 Å². The molecule has 14 heteroatoms. The molecule has 2 N–H and O–H groups in total. The Kier molecular flexibility index (Phi) is 9.51. The molecule has 3 aromatic carbocycles. The predicted octanol–water partition coefficient (Wildman–Crippen LogP) is 3.62. The van der Waals surface area contributed by atoms with Crippen molar-refractivity contribution in [1.29, 1.82) is 0 Å². The van der Waals surface area contributed by atoms with Crippen LogP contribution in [0.3, 0.4) is 0 Å². The summed E-state index contributed by atoms with van der Waals surface area (Å²) in [7, 11) is 0. The first-order chi connectivity index (χ1) is 22.5. The van der Waals surface area contributed by atoms with Gasteiger partial charge < -0.3 is 29.2 Å². The first-order valence-corrected chi connectivity index (χ1v) is 14.2. The second kappa shape index (κ2) is 13.7. The number of nitrogens with one attached hydrogen (secondary N) is 2. The van der Waals surface area contributed by atoms with Crippen LogP contribution in [0.1, 0.15) is 49.8 Å². The van der Waals surface area contributed by atoms with Crippen molar-refractivity contribution in [2.45, 2.75) is 36.9 Å². The molecule has 4 aromatic rings. The summed E-state index contributed by atoms with van der Waals surface area (Å²) in [5.74, 6) is -8.69.